The van der Waals surface area contributed by atoms with Crippen molar-refractivity contribution in [2.75, 3.05) is 0 Å². The lowest BCUT2D eigenvalue weighted by Crippen LogP contribution is -2.32. The average molecular weight is 214 g/mol. The van der Waals surface area contributed by atoms with Crippen molar-refractivity contribution in [2.45, 2.75) is 72.5 Å². The molecule has 0 fully saturated rings. The van der Waals surface area contributed by atoms with E-state index in [0.717, 1.165) is 25.7 Å². The Labute approximate surface area is 94.4 Å². The highest BCUT2D eigenvalue weighted by Crippen LogP contribution is 2.15. The second-order valence-electron chi connectivity index (χ2n) is 4.41. The van der Waals surface area contributed by atoms with Crippen molar-refractivity contribution in [2.24, 2.45) is 5.92 Å². The number of hydrogen-bond acceptors (Lipinski definition) is 2. The smallest absolute Gasteiger partial charge is 0.164 e. The van der Waals surface area contributed by atoms with Gasteiger partial charge in [0.05, 0.1) is 6.10 Å². The third-order valence-corrected chi connectivity index (χ3v) is 2.70. The minimum absolute atomic E-state index is 0.0795. The van der Waals surface area contributed by atoms with Crippen LogP contribution in [-0.4, -0.2) is 18.0 Å². The standard InChI is InChI=1S/C13H26O2/c1-6-9-12(13(14)10(4)5)15-11(7-2)8-3/h10-12H,6-9H2,1-5H3/t12-/m0/s1. The number of ketones is 1. The van der Waals surface area contributed by atoms with E-state index in [1.54, 1.807) is 0 Å². The minimum atomic E-state index is -0.181. The second kappa shape index (κ2) is 7.86. The van der Waals surface area contributed by atoms with E-state index in [9.17, 15) is 4.79 Å². The largest absolute Gasteiger partial charge is 0.367 e. The monoisotopic (exact) mass is 214 g/mol. The van der Waals surface area contributed by atoms with Gasteiger partial charge in [-0.2, -0.15) is 0 Å². The first-order valence-corrected chi connectivity index (χ1v) is 6.25. The minimum Gasteiger partial charge on any atom is -0.367 e. The van der Waals surface area contributed by atoms with E-state index in [0.29, 0.717) is 0 Å². The Hall–Kier alpha value is -0.370. The molecule has 0 saturated heterocycles. The average Bonchev–Trinajstić information content (AvgIpc) is 2.23. The van der Waals surface area contributed by atoms with Crippen molar-refractivity contribution >= 4 is 5.78 Å². The summed E-state index contributed by atoms with van der Waals surface area (Å²) in [5.74, 6) is 0.333. The number of rotatable bonds is 8. The van der Waals surface area contributed by atoms with E-state index in [1.807, 2.05) is 13.8 Å². The van der Waals surface area contributed by atoms with Crippen LogP contribution in [0.25, 0.3) is 0 Å². The van der Waals surface area contributed by atoms with Crippen molar-refractivity contribution in [1.29, 1.82) is 0 Å². The van der Waals surface area contributed by atoms with E-state index >= 15 is 0 Å². The zero-order valence-electron chi connectivity index (χ0n) is 10.9. The first-order valence-electron chi connectivity index (χ1n) is 6.25. The van der Waals surface area contributed by atoms with Crippen molar-refractivity contribution in [3.05, 3.63) is 0 Å². The number of ether oxygens (including phenoxy) is 1. The molecule has 90 valence electrons. The molecule has 0 spiro atoms. The summed E-state index contributed by atoms with van der Waals surface area (Å²) in [7, 11) is 0. The van der Waals surface area contributed by atoms with Crippen molar-refractivity contribution in [1.82, 2.24) is 0 Å². The van der Waals surface area contributed by atoms with Crippen LogP contribution >= 0.6 is 0 Å². The highest BCUT2D eigenvalue weighted by atomic mass is 16.5. The molecule has 0 aromatic carbocycles. The second-order valence-corrected chi connectivity index (χ2v) is 4.41. The summed E-state index contributed by atoms with van der Waals surface area (Å²) >= 11 is 0. The van der Waals surface area contributed by atoms with Crippen LogP contribution in [0, 0.1) is 5.92 Å². The van der Waals surface area contributed by atoms with Crippen LogP contribution in [0.15, 0.2) is 0 Å². The highest BCUT2D eigenvalue weighted by Gasteiger charge is 2.23. The normalized spacial score (nSPS) is 13.5. The van der Waals surface area contributed by atoms with Crippen LogP contribution in [0.1, 0.15) is 60.3 Å². The van der Waals surface area contributed by atoms with Gasteiger partial charge in [-0.1, -0.05) is 41.0 Å². The fourth-order valence-electron chi connectivity index (χ4n) is 1.62. The van der Waals surface area contributed by atoms with E-state index in [2.05, 4.69) is 20.8 Å². The molecule has 0 aliphatic rings. The lowest BCUT2D eigenvalue weighted by Gasteiger charge is -2.23. The molecule has 0 rings (SSSR count). The van der Waals surface area contributed by atoms with Crippen molar-refractivity contribution < 1.29 is 9.53 Å². The highest BCUT2D eigenvalue weighted by molar-refractivity contribution is 5.84. The fraction of sp³-hybridized carbons (Fsp3) is 0.923. The molecular formula is C13H26O2. The van der Waals surface area contributed by atoms with Gasteiger partial charge in [0.15, 0.2) is 5.78 Å². The molecule has 0 aromatic rings. The van der Waals surface area contributed by atoms with Gasteiger partial charge in [-0.05, 0) is 19.3 Å². The number of Topliss-reactive ketones (excluding diaryl/α,β-unsaturated/α-hetero) is 1. The Balaban J connectivity index is 4.31. The fourth-order valence-corrected chi connectivity index (χ4v) is 1.62. The zero-order chi connectivity index (χ0) is 11.8. The first kappa shape index (κ1) is 14.6. The van der Waals surface area contributed by atoms with Crippen LogP contribution in [-0.2, 0) is 9.53 Å². The topological polar surface area (TPSA) is 26.3 Å². The summed E-state index contributed by atoms with van der Waals surface area (Å²) in [5, 5.41) is 0. The van der Waals surface area contributed by atoms with Crippen LogP contribution in [0.2, 0.25) is 0 Å². The number of carbonyl (C=O) groups is 1. The van der Waals surface area contributed by atoms with E-state index in [1.165, 1.54) is 0 Å². The van der Waals surface area contributed by atoms with Crippen LogP contribution in [0.4, 0.5) is 0 Å². The Bertz CT molecular complexity index is 171. The van der Waals surface area contributed by atoms with E-state index in [-0.39, 0.29) is 23.9 Å². The molecule has 2 heteroatoms. The lowest BCUT2D eigenvalue weighted by atomic mass is 10.00. The van der Waals surface area contributed by atoms with Gasteiger partial charge in [0.25, 0.3) is 0 Å². The van der Waals surface area contributed by atoms with Gasteiger partial charge in [0.1, 0.15) is 6.10 Å². The molecule has 0 aliphatic carbocycles. The van der Waals surface area contributed by atoms with E-state index in [4.69, 9.17) is 4.74 Å². The molecule has 0 N–H and O–H groups in total. The molecule has 1 atom stereocenters. The van der Waals surface area contributed by atoms with Gasteiger partial charge in [0, 0.05) is 5.92 Å². The molecule has 0 aliphatic heterocycles. The maximum Gasteiger partial charge on any atom is 0.164 e. The Morgan fingerprint density at radius 2 is 1.67 bits per heavy atom. The molecular weight excluding hydrogens is 188 g/mol. The molecule has 15 heavy (non-hydrogen) atoms. The Kier molecular flexibility index (Phi) is 7.67. The third-order valence-electron chi connectivity index (χ3n) is 2.70. The molecule has 0 aromatic heterocycles. The van der Waals surface area contributed by atoms with Gasteiger partial charge in [0.2, 0.25) is 0 Å². The van der Waals surface area contributed by atoms with Gasteiger partial charge in [-0.15, -0.1) is 0 Å². The predicted molar refractivity (Wildman–Crippen MR) is 64.0 cm³/mol. The molecule has 2 nitrogen and oxygen atoms in total. The quantitative estimate of drug-likeness (QED) is 0.617. The van der Waals surface area contributed by atoms with Crippen LogP contribution in [0.3, 0.4) is 0 Å². The predicted octanol–water partition coefficient (Wildman–Crippen LogP) is 3.59. The van der Waals surface area contributed by atoms with E-state index < -0.39 is 0 Å². The summed E-state index contributed by atoms with van der Waals surface area (Å²) in [4.78, 5) is 11.9. The summed E-state index contributed by atoms with van der Waals surface area (Å²) in [6.45, 7) is 10.2. The van der Waals surface area contributed by atoms with Crippen molar-refractivity contribution in [3.63, 3.8) is 0 Å². The molecule has 0 bridgehead atoms. The number of hydrogen-bond donors (Lipinski definition) is 0. The Morgan fingerprint density at radius 1 is 1.13 bits per heavy atom. The SMILES string of the molecule is CCC[C@H](OC(CC)CC)C(=O)C(C)C. The first-order chi connectivity index (χ1) is 7.06. The molecule has 0 unspecified atom stereocenters. The summed E-state index contributed by atoms with van der Waals surface area (Å²) < 4.78 is 5.86. The molecule has 0 amide bonds. The van der Waals surface area contributed by atoms with Gasteiger partial charge < -0.3 is 4.74 Å². The molecule has 0 heterocycles. The summed E-state index contributed by atoms with van der Waals surface area (Å²) in [5.41, 5.74) is 0. The molecule has 0 radical (unpaired) electrons. The maximum absolute atomic E-state index is 11.9. The van der Waals surface area contributed by atoms with Gasteiger partial charge in [-0.3, -0.25) is 4.79 Å². The van der Waals surface area contributed by atoms with Gasteiger partial charge >= 0.3 is 0 Å². The Morgan fingerprint density at radius 3 is 2.00 bits per heavy atom. The molecule has 0 saturated carbocycles. The van der Waals surface area contributed by atoms with Gasteiger partial charge in [-0.25, -0.2) is 0 Å². The summed E-state index contributed by atoms with van der Waals surface area (Å²) in [6, 6.07) is 0. The third kappa shape index (κ3) is 5.31. The maximum atomic E-state index is 11.9. The summed E-state index contributed by atoms with van der Waals surface area (Å²) in [6.07, 6.45) is 3.89. The zero-order valence-corrected chi connectivity index (χ0v) is 10.9. The number of carbonyl (C=O) groups excluding carboxylic acids is 1. The van der Waals surface area contributed by atoms with Crippen molar-refractivity contribution in [3.8, 4) is 0 Å². The van der Waals surface area contributed by atoms with Crippen LogP contribution in [0.5, 0.6) is 0 Å². The van der Waals surface area contributed by atoms with Crippen LogP contribution < -0.4 is 0 Å². The lowest BCUT2D eigenvalue weighted by molar-refractivity contribution is -0.138.